The Morgan fingerprint density at radius 2 is 1.38 bits per heavy atom. The normalized spacial score (nSPS) is 15.2. The van der Waals surface area contributed by atoms with Crippen molar-refractivity contribution in [3.63, 3.8) is 0 Å². The van der Waals surface area contributed by atoms with E-state index in [0.29, 0.717) is 11.7 Å². The fourth-order valence-electron chi connectivity index (χ4n) is 5.38. The molecule has 0 N–H and O–H groups in total. The lowest BCUT2D eigenvalue weighted by Crippen LogP contribution is -2.39. The SMILES string of the molecule is CCC(=C(c1ccc(OC(=O)C(C)(C)C)cc1)c1ccc(N2CCC(C(OC)OC)CC2)cc1)c1ccccc1. The summed E-state index contributed by atoms with van der Waals surface area (Å²) in [6.45, 7) is 9.75. The summed E-state index contributed by atoms with van der Waals surface area (Å²) in [6, 6.07) is 27.4. The second-order valence-electron chi connectivity index (χ2n) is 11.4. The molecule has 0 bridgehead atoms. The lowest BCUT2D eigenvalue weighted by molar-refractivity contribution is -0.143. The first-order chi connectivity index (χ1) is 19.2. The third-order valence-electron chi connectivity index (χ3n) is 7.65. The Bertz CT molecular complexity index is 1260. The number of carbonyl (C=O) groups is 1. The molecule has 1 fully saturated rings. The van der Waals surface area contributed by atoms with Crippen LogP contribution in [0.3, 0.4) is 0 Å². The Morgan fingerprint density at radius 1 is 0.825 bits per heavy atom. The van der Waals surface area contributed by atoms with E-state index in [1.54, 1.807) is 14.2 Å². The second kappa shape index (κ2) is 13.3. The first kappa shape index (κ1) is 29.6. The minimum atomic E-state index is -0.557. The molecule has 0 unspecified atom stereocenters. The fourth-order valence-corrected chi connectivity index (χ4v) is 5.38. The molecular formula is C35H43NO4. The minimum absolute atomic E-state index is 0.133. The molecular weight excluding hydrogens is 498 g/mol. The summed E-state index contributed by atoms with van der Waals surface area (Å²) in [7, 11) is 3.44. The molecule has 0 amide bonds. The molecule has 3 aromatic rings. The molecule has 0 aliphatic carbocycles. The molecule has 1 aliphatic rings. The highest BCUT2D eigenvalue weighted by Gasteiger charge is 2.27. The molecule has 40 heavy (non-hydrogen) atoms. The average Bonchev–Trinajstić information content (AvgIpc) is 2.97. The number of benzene rings is 3. The molecule has 4 rings (SSSR count). The van der Waals surface area contributed by atoms with E-state index in [1.165, 1.54) is 22.4 Å². The van der Waals surface area contributed by atoms with E-state index in [1.807, 2.05) is 39.0 Å². The molecule has 0 radical (unpaired) electrons. The van der Waals surface area contributed by atoms with Gasteiger partial charge >= 0.3 is 5.97 Å². The van der Waals surface area contributed by atoms with Crippen LogP contribution in [0.1, 0.15) is 63.6 Å². The van der Waals surface area contributed by atoms with Crippen LogP contribution in [0.5, 0.6) is 5.75 Å². The predicted molar refractivity (Wildman–Crippen MR) is 163 cm³/mol. The van der Waals surface area contributed by atoms with Gasteiger partial charge in [-0.1, -0.05) is 61.5 Å². The van der Waals surface area contributed by atoms with Gasteiger partial charge in [0.15, 0.2) is 6.29 Å². The highest BCUT2D eigenvalue weighted by atomic mass is 16.7. The number of piperidine rings is 1. The van der Waals surface area contributed by atoms with Gasteiger partial charge in [-0.15, -0.1) is 0 Å². The van der Waals surface area contributed by atoms with Crippen molar-refractivity contribution in [3.8, 4) is 5.75 Å². The van der Waals surface area contributed by atoms with E-state index >= 15 is 0 Å². The summed E-state index contributed by atoms with van der Waals surface area (Å²) in [6.07, 6.45) is 2.83. The summed E-state index contributed by atoms with van der Waals surface area (Å²) in [4.78, 5) is 14.9. The number of hydrogen-bond donors (Lipinski definition) is 0. The summed E-state index contributed by atoms with van der Waals surface area (Å²) < 4.78 is 16.6. The van der Waals surface area contributed by atoms with Crippen molar-refractivity contribution in [3.05, 3.63) is 95.6 Å². The maximum Gasteiger partial charge on any atom is 0.316 e. The van der Waals surface area contributed by atoms with Gasteiger partial charge in [-0.2, -0.15) is 0 Å². The lowest BCUT2D eigenvalue weighted by Gasteiger charge is -2.36. The molecule has 3 aromatic carbocycles. The zero-order valence-corrected chi connectivity index (χ0v) is 24.8. The van der Waals surface area contributed by atoms with Gasteiger partial charge in [0.25, 0.3) is 0 Å². The van der Waals surface area contributed by atoms with Gasteiger partial charge in [-0.05, 0) is 92.1 Å². The number of hydrogen-bond acceptors (Lipinski definition) is 5. The van der Waals surface area contributed by atoms with Crippen LogP contribution in [-0.2, 0) is 14.3 Å². The quantitative estimate of drug-likeness (QED) is 0.120. The first-order valence-electron chi connectivity index (χ1n) is 14.3. The zero-order valence-electron chi connectivity index (χ0n) is 24.8. The van der Waals surface area contributed by atoms with Crippen molar-refractivity contribution in [2.45, 2.75) is 53.2 Å². The Kier molecular flexibility index (Phi) is 9.83. The van der Waals surface area contributed by atoms with Crippen molar-refractivity contribution < 1.29 is 19.0 Å². The average molecular weight is 542 g/mol. The number of ether oxygens (including phenoxy) is 3. The Balaban J connectivity index is 1.64. The highest BCUT2D eigenvalue weighted by molar-refractivity contribution is 5.98. The predicted octanol–water partition coefficient (Wildman–Crippen LogP) is 7.84. The Morgan fingerprint density at radius 3 is 1.88 bits per heavy atom. The van der Waals surface area contributed by atoms with Crippen molar-refractivity contribution >= 4 is 22.8 Å². The van der Waals surface area contributed by atoms with Gasteiger partial charge in [0.1, 0.15) is 5.75 Å². The molecule has 0 atom stereocenters. The van der Waals surface area contributed by atoms with Crippen molar-refractivity contribution in [2.75, 3.05) is 32.2 Å². The van der Waals surface area contributed by atoms with Crippen LogP contribution >= 0.6 is 0 Å². The standard InChI is InChI=1S/C35H43NO4/c1-7-31(25-11-9-8-10-12-25)32(27-15-19-30(20-16-27)40-34(37)35(2,3)4)26-13-17-29(18-14-26)36-23-21-28(22-24-36)33(38-5)39-6/h8-20,28,33H,7,21-24H2,1-6H3. The van der Waals surface area contributed by atoms with E-state index in [-0.39, 0.29) is 12.3 Å². The smallest absolute Gasteiger partial charge is 0.316 e. The second-order valence-corrected chi connectivity index (χ2v) is 11.4. The van der Waals surface area contributed by atoms with E-state index in [0.717, 1.165) is 43.5 Å². The van der Waals surface area contributed by atoms with Crippen molar-refractivity contribution in [2.24, 2.45) is 11.3 Å². The van der Waals surface area contributed by atoms with Crippen molar-refractivity contribution in [1.82, 2.24) is 0 Å². The van der Waals surface area contributed by atoms with Gasteiger partial charge in [0.05, 0.1) is 5.41 Å². The Labute approximate surface area is 239 Å². The van der Waals surface area contributed by atoms with Gasteiger partial charge in [-0.25, -0.2) is 0 Å². The number of rotatable bonds is 9. The van der Waals surface area contributed by atoms with Crippen LogP contribution in [0.2, 0.25) is 0 Å². The van der Waals surface area contributed by atoms with Crippen LogP contribution in [0.4, 0.5) is 5.69 Å². The van der Waals surface area contributed by atoms with Gasteiger partial charge < -0.3 is 19.1 Å². The monoisotopic (exact) mass is 541 g/mol. The third kappa shape index (κ3) is 7.01. The number of methoxy groups -OCH3 is 2. The molecule has 0 saturated carbocycles. The van der Waals surface area contributed by atoms with Crippen LogP contribution in [-0.4, -0.2) is 39.6 Å². The molecule has 0 aromatic heterocycles. The number of anilines is 1. The maximum atomic E-state index is 12.4. The molecule has 5 heteroatoms. The number of carbonyl (C=O) groups excluding carboxylic acids is 1. The summed E-state index contributed by atoms with van der Waals surface area (Å²) in [5.74, 6) is 0.738. The van der Waals surface area contributed by atoms with E-state index in [2.05, 4.69) is 72.5 Å². The molecule has 1 saturated heterocycles. The number of nitrogens with zero attached hydrogens (tertiary/aromatic N) is 1. The van der Waals surface area contributed by atoms with Crippen molar-refractivity contribution in [1.29, 1.82) is 0 Å². The molecule has 0 spiro atoms. The summed E-state index contributed by atoms with van der Waals surface area (Å²) >= 11 is 0. The van der Waals surface area contributed by atoms with Crippen LogP contribution in [0, 0.1) is 11.3 Å². The highest BCUT2D eigenvalue weighted by Crippen LogP contribution is 2.36. The number of esters is 1. The summed E-state index contributed by atoms with van der Waals surface area (Å²) in [5.41, 5.74) is 6.61. The molecule has 1 heterocycles. The zero-order chi connectivity index (χ0) is 28.7. The van der Waals surface area contributed by atoms with Crippen LogP contribution in [0.25, 0.3) is 11.1 Å². The van der Waals surface area contributed by atoms with Crippen LogP contribution in [0.15, 0.2) is 78.9 Å². The lowest BCUT2D eigenvalue weighted by atomic mass is 9.88. The maximum absolute atomic E-state index is 12.4. The van der Waals surface area contributed by atoms with Gasteiger partial charge in [0, 0.05) is 38.9 Å². The topological polar surface area (TPSA) is 48.0 Å². The van der Waals surface area contributed by atoms with Gasteiger partial charge in [-0.3, -0.25) is 4.79 Å². The van der Waals surface area contributed by atoms with E-state index in [4.69, 9.17) is 14.2 Å². The van der Waals surface area contributed by atoms with Gasteiger partial charge in [0.2, 0.25) is 0 Å². The fraction of sp³-hybridized carbons (Fsp3) is 0.400. The molecule has 212 valence electrons. The van der Waals surface area contributed by atoms with Crippen LogP contribution < -0.4 is 9.64 Å². The Hall–Kier alpha value is -3.41. The third-order valence-corrected chi connectivity index (χ3v) is 7.65. The number of allylic oxidation sites excluding steroid dienone is 1. The minimum Gasteiger partial charge on any atom is -0.426 e. The summed E-state index contributed by atoms with van der Waals surface area (Å²) in [5, 5.41) is 0. The van der Waals surface area contributed by atoms with E-state index < -0.39 is 5.41 Å². The van der Waals surface area contributed by atoms with E-state index in [9.17, 15) is 4.79 Å². The largest absolute Gasteiger partial charge is 0.426 e. The first-order valence-corrected chi connectivity index (χ1v) is 14.3. The molecule has 5 nitrogen and oxygen atoms in total. The molecule has 1 aliphatic heterocycles.